The van der Waals surface area contributed by atoms with Crippen molar-refractivity contribution in [3.8, 4) is 0 Å². The number of hydrogen-bond acceptors (Lipinski definition) is 5. The molecule has 0 radical (unpaired) electrons. The molecule has 2 rings (SSSR count). The van der Waals surface area contributed by atoms with Crippen LogP contribution in [0.3, 0.4) is 0 Å². The van der Waals surface area contributed by atoms with Crippen LogP contribution in [0.2, 0.25) is 0 Å². The van der Waals surface area contributed by atoms with E-state index < -0.39 is 6.10 Å². The predicted octanol–water partition coefficient (Wildman–Crippen LogP) is -0.834. The van der Waals surface area contributed by atoms with Gasteiger partial charge in [-0.05, 0) is 6.07 Å². The number of morpholine rings is 1. The summed E-state index contributed by atoms with van der Waals surface area (Å²) in [6.45, 7) is 6.74. The molecule has 18 heavy (non-hydrogen) atoms. The molecule has 2 heterocycles. The number of aliphatic hydroxyl groups excluding tert-OH is 1. The van der Waals surface area contributed by atoms with Crippen molar-refractivity contribution in [2.45, 2.75) is 12.6 Å². The lowest BCUT2D eigenvalue weighted by Gasteiger charge is -2.26. The summed E-state index contributed by atoms with van der Waals surface area (Å²) >= 11 is 0. The maximum absolute atomic E-state index is 9.80. The molecule has 102 valence electrons. The van der Waals surface area contributed by atoms with E-state index in [4.69, 9.17) is 4.74 Å². The zero-order chi connectivity index (χ0) is 12.6. The van der Waals surface area contributed by atoms with Crippen molar-refractivity contribution in [2.24, 2.45) is 0 Å². The minimum Gasteiger partial charge on any atom is -0.390 e. The van der Waals surface area contributed by atoms with Crippen molar-refractivity contribution < 1.29 is 9.84 Å². The summed E-state index contributed by atoms with van der Waals surface area (Å²) < 4.78 is 7.04. The first-order chi connectivity index (χ1) is 8.84. The van der Waals surface area contributed by atoms with E-state index in [-0.39, 0.29) is 0 Å². The molecular formula is C12H22N4O2. The van der Waals surface area contributed by atoms with Gasteiger partial charge in [-0.25, -0.2) is 0 Å². The fourth-order valence-corrected chi connectivity index (χ4v) is 2.02. The minimum absolute atomic E-state index is 0.394. The molecule has 0 aromatic carbocycles. The lowest BCUT2D eigenvalue weighted by molar-refractivity contribution is 0.0379. The first kappa shape index (κ1) is 13.5. The number of aromatic nitrogens is 2. The third kappa shape index (κ3) is 4.73. The van der Waals surface area contributed by atoms with Gasteiger partial charge in [-0.1, -0.05) is 0 Å². The molecule has 6 heteroatoms. The molecule has 1 aliphatic heterocycles. The molecule has 0 amide bonds. The average molecular weight is 254 g/mol. The Kier molecular flexibility index (Phi) is 5.60. The maximum Gasteiger partial charge on any atom is 0.0860 e. The Morgan fingerprint density at radius 1 is 1.39 bits per heavy atom. The van der Waals surface area contributed by atoms with Crippen molar-refractivity contribution in [1.82, 2.24) is 20.0 Å². The highest BCUT2D eigenvalue weighted by atomic mass is 16.5. The van der Waals surface area contributed by atoms with Crippen molar-refractivity contribution in [3.05, 3.63) is 18.5 Å². The fourth-order valence-electron chi connectivity index (χ4n) is 2.02. The van der Waals surface area contributed by atoms with Crippen molar-refractivity contribution in [2.75, 3.05) is 45.9 Å². The van der Waals surface area contributed by atoms with Gasteiger partial charge in [0, 0.05) is 45.1 Å². The van der Waals surface area contributed by atoms with E-state index in [2.05, 4.69) is 15.3 Å². The van der Waals surface area contributed by atoms with E-state index in [0.29, 0.717) is 13.1 Å². The summed E-state index contributed by atoms with van der Waals surface area (Å²) in [5.74, 6) is 0. The van der Waals surface area contributed by atoms with Gasteiger partial charge in [0.05, 0.1) is 25.9 Å². The molecule has 6 nitrogen and oxygen atoms in total. The van der Waals surface area contributed by atoms with Gasteiger partial charge in [-0.2, -0.15) is 5.10 Å². The van der Waals surface area contributed by atoms with Crippen LogP contribution in [0, 0.1) is 0 Å². The Balaban J connectivity index is 1.52. The van der Waals surface area contributed by atoms with E-state index in [1.54, 1.807) is 10.9 Å². The molecule has 1 aromatic rings. The monoisotopic (exact) mass is 254 g/mol. The van der Waals surface area contributed by atoms with Gasteiger partial charge in [-0.3, -0.25) is 9.58 Å². The van der Waals surface area contributed by atoms with Gasteiger partial charge in [0.25, 0.3) is 0 Å². The molecule has 1 aromatic heterocycles. The van der Waals surface area contributed by atoms with Gasteiger partial charge in [0.1, 0.15) is 0 Å². The lowest BCUT2D eigenvalue weighted by atomic mass is 10.3. The first-order valence-electron chi connectivity index (χ1n) is 6.51. The first-order valence-corrected chi connectivity index (χ1v) is 6.51. The molecule has 0 bridgehead atoms. The van der Waals surface area contributed by atoms with Crippen LogP contribution in [0.4, 0.5) is 0 Å². The smallest absolute Gasteiger partial charge is 0.0860 e. The van der Waals surface area contributed by atoms with Crippen molar-refractivity contribution in [3.63, 3.8) is 0 Å². The standard InChI is InChI=1S/C12H22N4O2/c17-12(11-16-4-1-2-14-16)10-13-3-5-15-6-8-18-9-7-15/h1-2,4,12-13,17H,3,5-11H2. The Labute approximate surface area is 108 Å². The van der Waals surface area contributed by atoms with Crippen LogP contribution in [0.5, 0.6) is 0 Å². The summed E-state index contributed by atoms with van der Waals surface area (Å²) in [5, 5.41) is 17.1. The van der Waals surface area contributed by atoms with Crippen LogP contribution in [0.15, 0.2) is 18.5 Å². The van der Waals surface area contributed by atoms with Crippen LogP contribution < -0.4 is 5.32 Å². The van der Waals surface area contributed by atoms with Crippen LogP contribution in [-0.4, -0.2) is 71.8 Å². The highest BCUT2D eigenvalue weighted by Gasteiger charge is 2.10. The van der Waals surface area contributed by atoms with Crippen LogP contribution in [0.1, 0.15) is 0 Å². The second-order valence-electron chi connectivity index (χ2n) is 4.54. The predicted molar refractivity (Wildman–Crippen MR) is 68.4 cm³/mol. The van der Waals surface area contributed by atoms with Gasteiger partial charge >= 0.3 is 0 Å². The Hall–Kier alpha value is -0.950. The third-order valence-electron chi connectivity index (χ3n) is 3.05. The van der Waals surface area contributed by atoms with Gasteiger partial charge in [-0.15, -0.1) is 0 Å². The third-order valence-corrected chi connectivity index (χ3v) is 3.05. The van der Waals surface area contributed by atoms with E-state index in [9.17, 15) is 5.11 Å². The van der Waals surface area contributed by atoms with Crippen molar-refractivity contribution in [1.29, 1.82) is 0 Å². The Morgan fingerprint density at radius 3 is 2.94 bits per heavy atom. The quantitative estimate of drug-likeness (QED) is 0.622. The molecule has 2 N–H and O–H groups in total. The summed E-state index contributed by atoms with van der Waals surface area (Å²) in [4.78, 5) is 2.37. The van der Waals surface area contributed by atoms with E-state index >= 15 is 0 Å². The minimum atomic E-state index is -0.394. The van der Waals surface area contributed by atoms with E-state index in [1.165, 1.54) is 0 Å². The zero-order valence-electron chi connectivity index (χ0n) is 10.7. The number of aliphatic hydroxyl groups is 1. The molecule has 0 saturated carbocycles. The number of nitrogens with zero attached hydrogens (tertiary/aromatic N) is 3. The lowest BCUT2D eigenvalue weighted by Crippen LogP contribution is -2.41. The summed E-state index contributed by atoms with van der Waals surface area (Å²) in [6.07, 6.45) is 3.18. The highest BCUT2D eigenvalue weighted by molar-refractivity contribution is 4.78. The molecule has 1 unspecified atom stereocenters. The molecular weight excluding hydrogens is 232 g/mol. The molecule has 0 spiro atoms. The topological polar surface area (TPSA) is 62.6 Å². The number of rotatable bonds is 7. The summed E-state index contributed by atoms with van der Waals surface area (Å²) in [7, 11) is 0. The second kappa shape index (κ2) is 7.48. The molecule has 1 atom stereocenters. The molecule has 0 aliphatic carbocycles. The summed E-state index contributed by atoms with van der Waals surface area (Å²) in [6, 6.07) is 1.86. The number of nitrogens with one attached hydrogen (secondary N) is 1. The Morgan fingerprint density at radius 2 is 2.22 bits per heavy atom. The molecule has 1 saturated heterocycles. The van der Waals surface area contributed by atoms with Crippen molar-refractivity contribution >= 4 is 0 Å². The molecule has 1 fully saturated rings. The fraction of sp³-hybridized carbons (Fsp3) is 0.750. The highest BCUT2D eigenvalue weighted by Crippen LogP contribution is 1.95. The number of ether oxygens (including phenoxy) is 1. The average Bonchev–Trinajstić information content (AvgIpc) is 2.89. The van der Waals surface area contributed by atoms with Gasteiger partial charge in [0.15, 0.2) is 0 Å². The van der Waals surface area contributed by atoms with Gasteiger partial charge < -0.3 is 15.2 Å². The van der Waals surface area contributed by atoms with Crippen LogP contribution >= 0.6 is 0 Å². The van der Waals surface area contributed by atoms with Crippen LogP contribution in [0.25, 0.3) is 0 Å². The SMILES string of the molecule is OC(CNCCN1CCOCC1)Cn1cccn1. The molecule has 1 aliphatic rings. The number of hydrogen-bond donors (Lipinski definition) is 2. The zero-order valence-corrected chi connectivity index (χ0v) is 10.7. The van der Waals surface area contributed by atoms with E-state index in [0.717, 1.165) is 39.4 Å². The maximum atomic E-state index is 9.80. The Bertz CT molecular complexity index is 312. The van der Waals surface area contributed by atoms with E-state index in [1.807, 2.05) is 12.3 Å². The largest absolute Gasteiger partial charge is 0.390 e. The van der Waals surface area contributed by atoms with Crippen LogP contribution in [-0.2, 0) is 11.3 Å². The van der Waals surface area contributed by atoms with Gasteiger partial charge in [0.2, 0.25) is 0 Å². The summed E-state index contributed by atoms with van der Waals surface area (Å²) in [5.41, 5.74) is 0. The normalized spacial score (nSPS) is 18.9. The second-order valence-corrected chi connectivity index (χ2v) is 4.54.